The Kier molecular flexibility index (Phi) is 5.43. The number of piperidine rings is 1. The van der Waals surface area contributed by atoms with Gasteiger partial charge in [0.25, 0.3) is 0 Å². The number of carboxylic acids is 1. The third-order valence-electron chi connectivity index (χ3n) is 3.59. The maximum absolute atomic E-state index is 11.0. The van der Waals surface area contributed by atoms with Gasteiger partial charge >= 0.3 is 5.97 Å². The summed E-state index contributed by atoms with van der Waals surface area (Å²) >= 11 is 3.30. The summed E-state index contributed by atoms with van der Waals surface area (Å²) in [6.45, 7) is 5.56. The standard InChI is InChI=1S/C15H21BrN2O2/c1-11(10-18-7-3-2-4-8-18)17-12-5-6-13(15(19)20)14(16)9-12/h5-6,9,11,17H,2-4,7-8,10H2,1H3,(H,19,20). The maximum Gasteiger partial charge on any atom is 0.336 e. The van der Waals surface area contributed by atoms with Crippen LogP contribution < -0.4 is 5.32 Å². The van der Waals surface area contributed by atoms with Gasteiger partial charge in [-0.2, -0.15) is 0 Å². The highest BCUT2D eigenvalue weighted by Gasteiger charge is 2.14. The Bertz CT molecular complexity index is 473. The zero-order valence-corrected chi connectivity index (χ0v) is 13.3. The molecule has 1 aliphatic heterocycles. The number of benzene rings is 1. The van der Waals surface area contributed by atoms with Crippen molar-refractivity contribution in [3.05, 3.63) is 28.2 Å². The molecule has 1 unspecified atom stereocenters. The van der Waals surface area contributed by atoms with Crippen molar-refractivity contribution >= 4 is 27.6 Å². The Morgan fingerprint density at radius 1 is 1.40 bits per heavy atom. The Balaban J connectivity index is 1.92. The molecule has 110 valence electrons. The summed E-state index contributed by atoms with van der Waals surface area (Å²) in [5, 5.41) is 12.4. The van der Waals surface area contributed by atoms with Gasteiger partial charge in [-0.1, -0.05) is 6.42 Å². The lowest BCUT2D eigenvalue weighted by Crippen LogP contribution is -2.38. The molecule has 1 fully saturated rings. The molecule has 2 N–H and O–H groups in total. The van der Waals surface area contributed by atoms with E-state index in [4.69, 9.17) is 5.11 Å². The topological polar surface area (TPSA) is 52.6 Å². The largest absolute Gasteiger partial charge is 0.478 e. The number of carbonyl (C=O) groups is 1. The number of hydrogen-bond donors (Lipinski definition) is 2. The fourth-order valence-corrected chi connectivity index (χ4v) is 3.19. The molecule has 0 aromatic heterocycles. The average Bonchev–Trinajstić information content (AvgIpc) is 2.39. The molecule has 0 aliphatic carbocycles. The van der Waals surface area contributed by atoms with E-state index >= 15 is 0 Å². The van der Waals surface area contributed by atoms with Crippen molar-refractivity contribution in [2.75, 3.05) is 25.0 Å². The van der Waals surface area contributed by atoms with Crippen LogP contribution in [0.5, 0.6) is 0 Å². The summed E-state index contributed by atoms with van der Waals surface area (Å²) < 4.78 is 0.611. The van der Waals surface area contributed by atoms with E-state index < -0.39 is 5.97 Å². The fraction of sp³-hybridized carbons (Fsp3) is 0.533. The number of halogens is 1. The molecule has 1 aromatic rings. The molecule has 4 nitrogen and oxygen atoms in total. The van der Waals surface area contributed by atoms with Crippen molar-refractivity contribution in [1.82, 2.24) is 4.90 Å². The van der Waals surface area contributed by atoms with Crippen LogP contribution in [0.3, 0.4) is 0 Å². The van der Waals surface area contributed by atoms with E-state index in [-0.39, 0.29) is 0 Å². The van der Waals surface area contributed by atoms with Crippen molar-refractivity contribution in [2.45, 2.75) is 32.2 Å². The van der Waals surface area contributed by atoms with Gasteiger partial charge in [-0.05, 0) is 67.0 Å². The van der Waals surface area contributed by atoms with E-state index in [1.165, 1.54) is 32.4 Å². The molecule has 5 heteroatoms. The third-order valence-corrected chi connectivity index (χ3v) is 4.25. The predicted molar refractivity (Wildman–Crippen MR) is 84.5 cm³/mol. The minimum absolute atomic E-state index is 0.291. The van der Waals surface area contributed by atoms with Gasteiger partial charge in [0.05, 0.1) is 5.56 Å². The molecule has 1 aliphatic rings. The molecule has 20 heavy (non-hydrogen) atoms. The zero-order valence-electron chi connectivity index (χ0n) is 11.7. The number of aromatic carboxylic acids is 1. The molecule has 0 spiro atoms. The highest BCUT2D eigenvalue weighted by Crippen LogP contribution is 2.22. The van der Waals surface area contributed by atoms with Crippen LogP contribution in [0.2, 0.25) is 0 Å². The summed E-state index contributed by atoms with van der Waals surface area (Å²) in [6.07, 6.45) is 3.94. The number of carboxylic acid groups (broad SMARTS) is 1. The first-order valence-corrected chi connectivity index (χ1v) is 7.87. The summed E-state index contributed by atoms with van der Waals surface area (Å²) in [4.78, 5) is 13.4. The van der Waals surface area contributed by atoms with Gasteiger partial charge in [0.1, 0.15) is 0 Å². The van der Waals surface area contributed by atoms with Crippen LogP contribution in [0.1, 0.15) is 36.5 Å². The van der Waals surface area contributed by atoms with E-state index in [1.807, 2.05) is 12.1 Å². The van der Waals surface area contributed by atoms with Crippen LogP contribution in [0.15, 0.2) is 22.7 Å². The van der Waals surface area contributed by atoms with E-state index in [0.717, 1.165) is 12.2 Å². The first-order chi connectivity index (χ1) is 9.56. The molecular weight excluding hydrogens is 320 g/mol. The molecule has 1 saturated heterocycles. The monoisotopic (exact) mass is 340 g/mol. The minimum atomic E-state index is -0.912. The average molecular weight is 341 g/mol. The van der Waals surface area contributed by atoms with Crippen molar-refractivity contribution in [1.29, 1.82) is 0 Å². The normalized spacial score (nSPS) is 17.7. The first kappa shape index (κ1) is 15.3. The lowest BCUT2D eigenvalue weighted by Gasteiger charge is -2.29. The molecule has 1 aromatic carbocycles. The second-order valence-corrected chi connectivity index (χ2v) is 6.26. The number of rotatable bonds is 5. The second kappa shape index (κ2) is 7.09. The third kappa shape index (κ3) is 4.21. The Morgan fingerprint density at radius 2 is 2.10 bits per heavy atom. The number of anilines is 1. The highest BCUT2D eigenvalue weighted by molar-refractivity contribution is 9.10. The molecule has 0 bridgehead atoms. The number of likely N-dealkylation sites (tertiary alicyclic amines) is 1. The van der Waals surface area contributed by atoms with Crippen LogP contribution in [-0.4, -0.2) is 41.7 Å². The number of hydrogen-bond acceptors (Lipinski definition) is 3. The highest BCUT2D eigenvalue weighted by atomic mass is 79.9. The maximum atomic E-state index is 11.0. The summed E-state index contributed by atoms with van der Waals surface area (Å²) in [5.74, 6) is -0.912. The summed E-state index contributed by atoms with van der Waals surface area (Å²) in [7, 11) is 0. The van der Waals surface area contributed by atoms with Crippen LogP contribution >= 0.6 is 15.9 Å². The van der Waals surface area contributed by atoms with Gasteiger partial charge in [-0.3, -0.25) is 0 Å². The van der Waals surface area contributed by atoms with Crippen molar-refractivity contribution in [3.63, 3.8) is 0 Å². The minimum Gasteiger partial charge on any atom is -0.478 e. The molecule has 1 atom stereocenters. The lowest BCUT2D eigenvalue weighted by molar-refractivity contribution is 0.0696. The predicted octanol–water partition coefficient (Wildman–Crippen LogP) is 3.43. The zero-order chi connectivity index (χ0) is 14.5. The van der Waals surface area contributed by atoms with E-state index in [1.54, 1.807) is 6.07 Å². The lowest BCUT2D eigenvalue weighted by atomic mass is 10.1. The quantitative estimate of drug-likeness (QED) is 0.862. The van der Waals surface area contributed by atoms with Crippen molar-refractivity contribution in [2.24, 2.45) is 0 Å². The van der Waals surface area contributed by atoms with Crippen LogP contribution in [-0.2, 0) is 0 Å². The molecule has 0 amide bonds. The molecule has 0 radical (unpaired) electrons. The second-order valence-electron chi connectivity index (χ2n) is 5.41. The number of nitrogens with zero attached hydrogens (tertiary/aromatic N) is 1. The van der Waals surface area contributed by atoms with Gasteiger partial charge in [0.15, 0.2) is 0 Å². The number of nitrogens with one attached hydrogen (secondary N) is 1. The van der Waals surface area contributed by atoms with Crippen LogP contribution in [0, 0.1) is 0 Å². The van der Waals surface area contributed by atoms with E-state index in [9.17, 15) is 4.79 Å². The molecular formula is C15H21BrN2O2. The smallest absolute Gasteiger partial charge is 0.336 e. The van der Waals surface area contributed by atoms with Gasteiger partial charge < -0.3 is 15.3 Å². The molecule has 0 saturated carbocycles. The van der Waals surface area contributed by atoms with E-state index in [2.05, 4.69) is 33.1 Å². The first-order valence-electron chi connectivity index (χ1n) is 7.08. The van der Waals surface area contributed by atoms with Crippen LogP contribution in [0.4, 0.5) is 5.69 Å². The van der Waals surface area contributed by atoms with Gasteiger partial charge in [0, 0.05) is 22.7 Å². The molecule has 2 rings (SSSR count). The van der Waals surface area contributed by atoms with Gasteiger partial charge in [-0.25, -0.2) is 4.79 Å². The van der Waals surface area contributed by atoms with Crippen molar-refractivity contribution in [3.8, 4) is 0 Å². The Labute approximate surface area is 128 Å². The van der Waals surface area contributed by atoms with Gasteiger partial charge in [-0.15, -0.1) is 0 Å². The van der Waals surface area contributed by atoms with E-state index in [0.29, 0.717) is 16.1 Å². The Morgan fingerprint density at radius 3 is 2.70 bits per heavy atom. The van der Waals surface area contributed by atoms with Gasteiger partial charge in [0.2, 0.25) is 0 Å². The van der Waals surface area contributed by atoms with Crippen LogP contribution in [0.25, 0.3) is 0 Å². The Hall–Kier alpha value is -1.07. The SMILES string of the molecule is CC(CN1CCCCC1)Nc1ccc(C(=O)O)c(Br)c1. The summed E-state index contributed by atoms with van der Waals surface area (Å²) in [5.41, 5.74) is 1.24. The molecule has 1 heterocycles. The van der Waals surface area contributed by atoms with Crippen molar-refractivity contribution < 1.29 is 9.90 Å². The summed E-state index contributed by atoms with van der Waals surface area (Å²) in [6, 6.07) is 5.62. The fourth-order valence-electron chi connectivity index (χ4n) is 2.64.